The topological polar surface area (TPSA) is 51.2 Å². The lowest BCUT2D eigenvalue weighted by atomic mass is 10.3. The fraction of sp³-hybridized carbons (Fsp3) is 0.0909. The van der Waals surface area contributed by atoms with Crippen LogP contribution < -0.4 is 5.32 Å². The minimum absolute atomic E-state index is 0.00165. The molecule has 1 heterocycles. The lowest BCUT2D eigenvalue weighted by Gasteiger charge is -2.03. The average molecular weight is 321 g/mol. The van der Waals surface area contributed by atoms with Crippen LogP contribution in [0.25, 0.3) is 0 Å². The Morgan fingerprint density at radius 1 is 1.47 bits per heavy atom. The summed E-state index contributed by atoms with van der Waals surface area (Å²) in [6.45, 7) is 0. The highest BCUT2D eigenvalue weighted by Gasteiger charge is 2.18. The summed E-state index contributed by atoms with van der Waals surface area (Å²) >= 11 is 12.5. The van der Waals surface area contributed by atoms with Crippen molar-refractivity contribution in [2.45, 2.75) is 0 Å². The fourth-order valence-electron chi connectivity index (χ4n) is 1.28. The number of benzene rings is 1. The molecule has 0 aliphatic carbocycles. The molecule has 4 nitrogen and oxygen atoms in total. The predicted octanol–water partition coefficient (Wildman–Crippen LogP) is 4.12. The normalized spacial score (nSPS) is 10.3. The van der Waals surface area contributed by atoms with Crippen molar-refractivity contribution < 1.29 is 13.9 Å². The zero-order valence-corrected chi connectivity index (χ0v) is 11.9. The quantitative estimate of drug-likeness (QED) is 0.864. The van der Waals surface area contributed by atoms with Gasteiger partial charge in [-0.25, -0.2) is 14.2 Å². The van der Waals surface area contributed by atoms with Gasteiger partial charge in [-0.2, -0.15) is 0 Å². The highest BCUT2D eigenvalue weighted by Crippen LogP contribution is 2.31. The van der Waals surface area contributed by atoms with E-state index >= 15 is 0 Å². The van der Waals surface area contributed by atoms with Crippen molar-refractivity contribution in [3.8, 4) is 0 Å². The highest BCUT2D eigenvalue weighted by atomic mass is 35.5. The second-order valence-corrected chi connectivity index (χ2v) is 5.17. The van der Waals surface area contributed by atoms with Crippen LogP contribution in [0.4, 0.5) is 15.2 Å². The number of carbonyl (C=O) groups is 1. The minimum Gasteiger partial charge on any atom is -0.465 e. The number of hydrogen-bond acceptors (Lipinski definition) is 5. The number of rotatable bonds is 3. The molecule has 0 unspecified atom stereocenters. The van der Waals surface area contributed by atoms with Crippen LogP contribution in [-0.2, 0) is 4.74 Å². The number of nitrogens with zero attached hydrogens (tertiary/aromatic N) is 1. The van der Waals surface area contributed by atoms with Gasteiger partial charge in [0.2, 0.25) is 0 Å². The van der Waals surface area contributed by atoms with Crippen LogP contribution in [0.15, 0.2) is 18.2 Å². The number of halogens is 3. The number of esters is 1. The summed E-state index contributed by atoms with van der Waals surface area (Å²) in [5, 5.41) is 3.36. The maximum absolute atomic E-state index is 13.5. The average Bonchev–Trinajstić information content (AvgIpc) is 2.74. The molecule has 0 saturated carbocycles. The maximum Gasteiger partial charge on any atom is 0.351 e. The van der Waals surface area contributed by atoms with E-state index < -0.39 is 11.8 Å². The molecule has 1 N–H and O–H groups in total. The van der Waals surface area contributed by atoms with E-state index in [1.165, 1.54) is 25.3 Å². The van der Waals surface area contributed by atoms with Crippen LogP contribution in [0.1, 0.15) is 9.67 Å². The van der Waals surface area contributed by atoms with Crippen molar-refractivity contribution in [1.82, 2.24) is 4.98 Å². The molecule has 2 aromatic rings. The van der Waals surface area contributed by atoms with Crippen molar-refractivity contribution in [1.29, 1.82) is 0 Å². The SMILES string of the molecule is COC(=O)c1sc(Nc2cc(Cl)ccc2F)nc1Cl. The van der Waals surface area contributed by atoms with Crippen molar-refractivity contribution in [3.63, 3.8) is 0 Å². The van der Waals surface area contributed by atoms with Crippen LogP contribution in [-0.4, -0.2) is 18.1 Å². The number of hydrogen-bond donors (Lipinski definition) is 1. The van der Waals surface area contributed by atoms with Crippen molar-refractivity contribution in [3.05, 3.63) is 39.1 Å². The first kappa shape index (κ1) is 14.0. The standard InChI is InChI=1S/C11H7Cl2FN2O2S/c1-18-10(17)8-9(13)16-11(19-8)15-7-4-5(12)2-3-6(7)14/h2-4H,1H3,(H,15,16). The maximum atomic E-state index is 13.5. The van der Waals surface area contributed by atoms with Gasteiger partial charge in [-0.1, -0.05) is 34.5 Å². The van der Waals surface area contributed by atoms with E-state index in [1.807, 2.05) is 0 Å². The molecule has 2 rings (SSSR count). The Labute approximate surface area is 122 Å². The molecule has 0 spiro atoms. The van der Waals surface area contributed by atoms with Crippen LogP contribution in [0, 0.1) is 5.82 Å². The van der Waals surface area contributed by atoms with Gasteiger partial charge in [-0.15, -0.1) is 0 Å². The third-order valence-corrected chi connectivity index (χ3v) is 3.70. The smallest absolute Gasteiger partial charge is 0.351 e. The summed E-state index contributed by atoms with van der Waals surface area (Å²) in [5.41, 5.74) is 0.148. The number of aromatic nitrogens is 1. The van der Waals surface area contributed by atoms with E-state index in [0.29, 0.717) is 5.02 Å². The Balaban J connectivity index is 2.29. The Hall–Kier alpha value is -1.37. The van der Waals surface area contributed by atoms with Crippen LogP contribution in [0.3, 0.4) is 0 Å². The summed E-state index contributed by atoms with van der Waals surface area (Å²) in [6.07, 6.45) is 0. The number of nitrogens with one attached hydrogen (secondary N) is 1. The van der Waals surface area contributed by atoms with Crippen molar-refractivity contribution in [2.75, 3.05) is 12.4 Å². The summed E-state index contributed by atoms with van der Waals surface area (Å²) < 4.78 is 18.1. The molecule has 1 aromatic heterocycles. The molecule has 0 fully saturated rings. The number of thiazole rings is 1. The summed E-state index contributed by atoms with van der Waals surface area (Å²) in [6, 6.07) is 4.06. The van der Waals surface area contributed by atoms with Gasteiger partial charge in [0.25, 0.3) is 0 Å². The van der Waals surface area contributed by atoms with Crippen molar-refractivity contribution >= 4 is 51.3 Å². The first-order chi connectivity index (χ1) is 9.01. The van der Waals surface area contributed by atoms with E-state index in [9.17, 15) is 9.18 Å². The van der Waals surface area contributed by atoms with Crippen LogP contribution in [0.2, 0.25) is 10.2 Å². The van der Waals surface area contributed by atoms with Gasteiger partial charge in [0, 0.05) is 5.02 Å². The van der Waals surface area contributed by atoms with Crippen molar-refractivity contribution in [2.24, 2.45) is 0 Å². The van der Waals surface area contributed by atoms with Gasteiger partial charge in [-0.05, 0) is 18.2 Å². The largest absolute Gasteiger partial charge is 0.465 e. The van der Waals surface area contributed by atoms with Gasteiger partial charge >= 0.3 is 5.97 Å². The number of carbonyl (C=O) groups excluding carboxylic acids is 1. The Morgan fingerprint density at radius 2 is 2.21 bits per heavy atom. The molecule has 0 saturated heterocycles. The molecule has 0 bridgehead atoms. The molecule has 0 atom stereocenters. The summed E-state index contributed by atoms with van der Waals surface area (Å²) in [7, 11) is 1.24. The molecule has 1 aromatic carbocycles. The molecular formula is C11H7Cl2FN2O2S. The second-order valence-electron chi connectivity index (χ2n) is 3.38. The number of anilines is 2. The van der Waals surface area contributed by atoms with E-state index in [-0.39, 0.29) is 20.8 Å². The second kappa shape index (κ2) is 5.73. The number of ether oxygens (including phenoxy) is 1. The van der Waals surface area contributed by atoms with E-state index in [1.54, 1.807) is 0 Å². The van der Waals surface area contributed by atoms with Crippen LogP contribution >= 0.6 is 34.5 Å². The molecule has 0 aliphatic heterocycles. The van der Waals surface area contributed by atoms with Gasteiger partial charge in [0.15, 0.2) is 15.2 Å². The molecule has 8 heteroatoms. The third-order valence-electron chi connectivity index (χ3n) is 2.13. The molecule has 0 radical (unpaired) electrons. The summed E-state index contributed by atoms with van der Waals surface area (Å²) in [4.78, 5) is 15.4. The first-order valence-corrected chi connectivity index (χ1v) is 6.55. The monoisotopic (exact) mass is 320 g/mol. The third kappa shape index (κ3) is 3.15. The Bertz CT molecular complexity index is 633. The van der Waals surface area contributed by atoms with E-state index in [0.717, 1.165) is 11.3 Å². The fourth-order valence-corrected chi connectivity index (χ4v) is 2.57. The zero-order valence-electron chi connectivity index (χ0n) is 9.54. The summed E-state index contributed by atoms with van der Waals surface area (Å²) in [5.74, 6) is -1.09. The lowest BCUT2D eigenvalue weighted by Crippen LogP contribution is -1.98. The highest BCUT2D eigenvalue weighted by molar-refractivity contribution is 7.18. The van der Waals surface area contributed by atoms with Gasteiger partial charge in [0.1, 0.15) is 5.82 Å². The first-order valence-electron chi connectivity index (χ1n) is 4.98. The van der Waals surface area contributed by atoms with Gasteiger partial charge < -0.3 is 10.1 Å². The lowest BCUT2D eigenvalue weighted by molar-refractivity contribution is 0.0606. The minimum atomic E-state index is -0.595. The Kier molecular flexibility index (Phi) is 4.24. The Morgan fingerprint density at radius 3 is 2.89 bits per heavy atom. The molecule has 100 valence electrons. The molecule has 0 aliphatic rings. The molecule has 19 heavy (non-hydrogen) atoms. The van der Waals surface area contributed by atoms with Gasteiger partial charge in [0.05, 0.1) is 12.8 Å². The molecular weight excluding hydrogens is 314 g/mol. The van der Waals surface area contributed by atoms with Crippen LogP contribution in [0.5, 0.6) is 0 Å². The van der Waals surface area contributed by atoms with Gasteiger partial charge in [-0.3, -0.25) is 0 Å². The zero-order chi connectivity index (χ0) is 14.0. The number of methoxy groups -OCH3 is 1. The van der Waals surface area contributed by atoms with E-state index in [2.05, 4.69) is 15.0 Å². The predicted molar refractivity (Wildman–Crippen MR) is 73.2 cm³/mol. The van der Waals surface area contributed by atoms with E-state index in [4.69, 9.17) is 23.2 Å². The molecule has 0 amide bonds.